The van der Waals surface area contributed by atoms with E-state index in [2.05, 4.69) is 10.3 Å². The van der Waals surface area contributed by atoms with Crippen LogP contribution in [0.3, 0.4) is 0 Å². The summed E-state index contributed by atoms with van der Waals surface area (Å²) in [5, 5.41) is 2.91. The summed E-state index contributed by atoms with van der Waals surface area (Å²) in [5.74, 6) is 0.421. The summed E-state index contributed by atoms with van der Waals surface area (Å²) >= 11 is 0. The maximum absolute atomic E-state index is 12.9. The van der Waals surface area contributed by atoms with Gasteiger partial charge in [-0.05, 0) is 36.8 Å². The van der Waals surface area contributed by atoms with Crippen molar-refractivity contribution in [2.24, 2.45) is 0 Å². The molecule has 0 aliphatic heterocycles. The predicted octanol–water partition coefficient (Wildman–Crippen LogP) is 3.57. The van der Waals surface area contributed by atoms with Crippen LogP contribution in [0.1, 0.15) is 41.2 Å². The fourth-order valence-corrected chi connectivity index (χ4v) is 2.95. The molecule has 1 amide bonds. The first-order valence-electron chi connectivity index (χ1n) is 8.98. The molecule has 2 aromatic carbocycles. The van der Waals surface area contributed by atoms with E-state index in [1.807, 2.05) is 12.1 Å². The lowest BCUT2D eigenvalue weighted by Gasteiger charge is -2.19. The van der Waals surface area contributed by atoms with E-state index < -0.39 is 12.0 Å². The normalized spacial score (nSPS) is 11.8. The van der Waals surface area contributed by atoms with Crippen LogP contribution in [0.2, 0.25) is 0 Å². The number of hydrogen-bond acceptors (Lipinski definition) is 6. The van der Waals surface area contributed by atoms with E-state index in [0.29, 0.717) is 28.3 Å². The fraction of sp³-hybridized carbons (Fsp3) is 0.286. The fourth-order valence-electron chi connectivity index (χ4n) is 2.95. The number of rotatable bonds is 7. The van der Waals surface area contributed by atoms with Gasteiger partial charge in [0.05, 0.1) is 31.7 Å². The number of fused-ring (bicyclic) bond motifs is 1. The molecule has 0 saturated heterocycles. The van der Waals surface area contributed by atoms with Crippen molar-refractivity contribution in [3.63, 3.8) is 0 Å². The summed E-state index contributed by atoms with van der Waals surface area (Å²) in [6.45, 7) is 3.74. The first-order chi connectivity index (χ1) is 13.5. The number of methoxy groups -OCH3 is 1. The summed E-state index contributed by atoms with van der Waals surface area (Å²) in [4.78, 5) is 29.2. The number of ether oxygens (including phenoxy) is 2. The Hall–Kier alpha value is -3.35. The molecule has 1 N–H and O–H groups in total. The quantitative estimate of drug-likeness (QED) is 0.628. The highest BCUT2D eigenvalue weighted by Crippen LogP contribution is 2.24. The van der Waals surface area contributed by atoms with E-state index in [-0.39, 0.29) is 18.9 Å². The third kappa shape index (κ3) is 4.31. The van der Waals surface area contributed by atoms with Crippen molar-refractivity contribution < 1.29 is 23.5 Å². The van der Waals surface area contributed by atoms with Crippen LogP contribution in [0, 0.1) is 6.92 Å². The number of aryl methyl sites for hydroxylation is 1. The van der Waals surface area contributed by atoms with E-state index in [4.69, 9.17) is 13.9 Å². The van der Waals surface area contributed by atoms with Crippen LogP contribution in [0.15, 0.2) is 46.9 Å². The van der Waals surface area contributed by atoms with Crippen LogP contribution in [0.5, 0.6) is 5.75 Å². The monoisotopic (exact) mass is 382 g/mol. The van der Waals surface area contributed by atoms with Gasteiger partial charge in [-0.15, -0.1) is 0 Å². The van der Waals surface area contributed by atoms with Crippen LogP contribution in [0.4, 0.5) is 0 Å². The SMILES string of the molecule is CCOC(=O)C[C@H](NC(=O)c1cccc2nc(C)oc12)c1ccc(OC)cc1. The molecule has 1 atom stereocenters. The Balaban J connectivity index is 1.88. The summed E-state index contributed by atoms with van der Waals surface area (Å²) in [5.41, 5.74) is 2.15. The van der Waals surface area contributed by atoms with Gasteiger partial charge in [-0.2, -0.15) is 0 Å². The summed E-state index contributed by atoms with van der Waals surface area (Å²) < 4.78 is 15.8. The zero-order chi connectivity index (χ0) is 20.1. The van der Waals surface area contributed by atoms with E-state index in [0.717, 1.165) is 5.56 Å². The topological polar surface area (TPSA) is 90.7 Å². The molecule has 1 aromatic heterocycles. The molecule has 7 heteroatoms. The molecule has 0 aliphatic rings. The van der Waals surface area contributed by atoms with Crippen molar-refractivity contribution in [1.82, 2.24) is 10.3 Å². The Labute approximate surface area is 162 Å². The zero-order valence-corrected chi connectivity index (χ0v) is 16.0. The molecule has 0 fully saturated rings. The van der Waals surface area contributed by atoms with Crippen LogP contribution in [0.25, 0.3) is 11.1 Å². The highest BCUT2D eigenvalue weighted by atomic mass is 16.5. The average Bonchev–Trinajstić information content (AvgIpc) is 3.07. The summed E-state index contributed by atoms with van der Waals surface area (Å²) in [6.07, 6.45) is 0.0112. The second-order valence-corrected chi connectivity index (χ2v) is 6.20. The van der Waals surface area contributed by atoms with E-state index in [9.17, 15) is 9.59 Å². The average molecular weight is 382 g/mol. The van der Waals surface area contributed by atoms with Gasteiger partial charge in [0.15, 0.2) is 11.5 Å². The molecule has 3 aromatic rings. The Bertz CT molecular complexity index is 978. The predicted molar refractivity (Wildman–Crippen MR) is 103 cm³/mol. The van der Waals surface area contributed by atoms with E-state index in [1.54, 1.807) is 51.3 Å². The molecule has 1 heterocycles. The number of hydrogen-bond donors (Lipinski definition) is 1. The van der Waals surface area contributed by atoms with Gasteiger partial charge < -0.3 is 19.2 Å². The number of aromatic nitrogens is 1. The highest BCUT2D eigenvalue weighted by molar-refractivity contribution is 6.04. The van der Waals surface area contributed by atoms with Crippen molar-refractivity contribution in [2.45, 2.75) is 26.3 Å². The molecule has 0 unspecified atom stereocenters. The van der Waals surface area contributed by atoms with Crippen molar-refractivity contribution in [3.05, 3.63) is 59.5 Å². The zero-order valence-electron chi connectivity index (χ0n) is 16.0. The molecule has 7 nitrogen and oxygen atoms in total. The molecule has 0 radical (unpaired) electrons. The maximum Gasteiger partial charge on any atom is 0.308 e. The van der Waals surface area contributed by atoms with Crippen molar-refractivity contribution in [3.8, 4) is 5.75 Å². The standard InChI is InChI=1S/C21H22N2O5/c1-4-27-19(24)12-18(14-8-10-15(26-3)11-9-14)23-21(25)16-6-5-7-17-20(16)28-13(2)22-17/h5-11,18H,4,12H2,1-3H3,(H,23,25)/t18-/m0/s1. The number of carbonyl (C=O) groups is 2. The second kappa shape index (κ2) is 8.56. The Morgan fingerprint density at radius 2 is 1.93 bits per heavy atom. The lowest BCUT2D eigenvalue weighted by Crippen LogP contribution is -2.30. The molecular weight excluding hydrogens is 360 g/mol. The van der Waals surface area contributed by atoms with E-state index >= 15 is 0 Å². The van der Waals surface area contributed by atoms with Gasteiger partial charge in [0.2, 0.25) is 0 Å². The number of amides is 1. The van der Waals surface area contributed by atoms with Gasteiger partial charge in [-0.25, -0.2) is 4.98 Å². The minimum absolute atomic E-state index is 0.0112. The summed E-state index contributed by atoms with van der Waals surface area (Å²) in [7, 11) is 1.58. The Kier molecular flexibility index (Phi) is 5.93. The lowest BCUT2D eigenvalue weighted by atomic mass is 10.0. The number of nitrogens with zero attached hydrogens (tertiary/aromatic N) is 1. The Morgan fingerprint density at radius 3 is 2.61 bits per heavy atom. The molecule has 0 spiro atoms. The molecule has 3 rings (SSSR count). The molecule has 146 valence electrons. The van der Waals surface area contributed by atoms with Crippen LogP contribution >= 0.6 is 0 Å². The maximum atomic E-state index is 12.9. The minimum atomic E-state index is -0.559. The smallest absolute Gasteiger partial charge is 0.308 e. The number of benzene rings is 2. The number of para-hydroxylation sites is 1. The number of carbonyl (C=O) groups excluding carboxylic acids is 2. The molecule has 0 aliphatic carbocycles. The lowest BCUT2D eigenvalue weighted by molar-refractivity contribution is -0.143. The molecule has 0 saturated carbocycles. The van der Waals surface area contributed by atoms with Gasteiger partial charge in [0.1, 0.15) is 11.3 Å². The molecule has 28 heavy (non-hydrogen) atoms. The highest BCUT2D eigenvalue weighted by Gasteiger charge is 2.22. The largest absolute Gasteiger partial charge is 0.497 e. The van der Waals surface area contributed by atoms with Crippen molar-refractivity contribution in [1.29, 1.82) is 0 Å². The van der Waals surface area contributed by atoms with Crippen LogP contribution in [-0.4, -0.2) is 30.6 Å². The third-order valence-corrected chi connectivity index (χ3v) is 4.27. The van der Waals surface area contributed by atoms with Gasteiger partial charge in [0.25, 0.3) is 5.91 Å². The van der Waals surface area contributed by atoms with Gasteiger partial charge in [-0.1, -0.05) is 18.2 Å². The molecule has 0 bridgehead atoms. The van der Waals surface area contributed by atoms with Crippen molar-refractivity contribution >= 4 is 23.0 Å². The first-order valence-corrected chi connectivity index (χ1v) is 8.98. The Morgan fingerprint density at radius 1 is 1.18 bits per heavy atom. The molecular formula is C21H22N2O5. The number of esters is 1. The van der Waals surface area contributed by atoms with Crippen molar-refractivity contribution in [2.75, 3.05) is 13.7 Å². The second-order valence-electron chi connectivity index (χ2n) is 6.20. The van der Waals surface area contributed by atoms with E-state index in [1.165, 1.54) is 0 Å². The van der Waals surface area contributed by atoms with Crippen LogP contribution < -0.4 is 10.1 Å². The number of nitrogens with one attached hydrogen (secondary N) is 1. The van der Waals surface area contributed by atoms with Gasteiger partial charge >= 0.3 is 5.97 Å². The summed E-state index contributed by atoms with van der Waals surface area (Å²) in [6, 6.07) is 11.8. The first kappa shape index (κ1) is 19.4. The third-order valence-electron chi connectivity index (χ3n) is 4.27. The van der Waals surface area contributed by atoms with Gasteiger partial charge in [0, 0.05) is 6.92 Å². The van der Waals surface area contributed by atoms with Gasteiger partial charge in [-0.3, -0.25) is 9.59 Å². The number of oxazole rings is 1. The minimum Gasteiger partial charge on any atom is -0.497 e. The van der Waals surface area contributed by atoms with Crippen LogP contribution in [-0.2, 0) is 9.53 Å².